The number of carbonyl (C=O) groups is 2. The number of amides is 1. The highest BCUT2D eigenvalue weighted by molar-refractivity contribution is 6.04. The average molecular weight is 299 g/mol. The van der Waals surface area contributed by atoms with Crippen LogP contribution in [0.25, 0.3) is 0 Å². The Morgan fingerprint density at radius 2 is 1.81 bits per heavy atom. The normalized spacial score (nSPS) is 22.2. The van der Waals surface area contributed by atoms with Crippen LogP contribution >= 0.6 is 0 Å². The van der Waals surface area contributed by atoms with E-state index in [9.17, 15) is 23.5 Å². The topological polar surface area (TPSA) is 77.8 Å². The number of benzene rings is 1. The van der Waals surface area contributed by atoms with Crippen molar-refractivity contribution in [2.24, 2.45) is 5.92 Å². The molecule has 2 atom stereocenters. The molecule has 1 heterocycles. The Balaban J connectivity index is 2.35. The van der Waals surface area contributed by atoms with Crippen LogP contribution in [-0.2, 0) is 0 Å². The van der Waals surface area contributed by atoms with Gasteiger partial charge in [0.15, 0.2) is 11.6 Å². The largest absolute Gasteiger partial charge is 0.478 e. The summed E-state index contributed by atoms with van der Waals surface area (Å²) in [4.78, 5) is 24.6. The molecule has 1 aromatic rings. The van der Waals surface area contributed by atoms with E-state index in [2.05, 4.69) is 0 Å². The molecule has 5 nitrogen and oxygen atoms in total. The lowest BCUT2D eigenvalue weighted by atomic mass is 9.95. The number of halogens is 2. The fraction of sp³-hybridized carbons (Fsp3) is 0.429. The molecular formula is C14H15F2NO4. The molecule has 0 radical (unpaired) electrons. The van der Waals surface area contributed by atoms with Crippen molar-refractivity contribution in [2.45, 2.75) is 19.4 Å². The van der Waals surface area contributed by atoms with E-state index < -0.39 is 40.7 Å². The molecule has 0 saturated carbocycles. The molecule has 21 heavy (non-hydrogen) atoms. The van der Waals surface area contributed by atoms with Crippen LogP contribution in [0, 0.1) is 17.6 Å². The zero-order chi connectivity index (χ0) is 15.7. The van der Waals surface area contributed by atoms with Gasteiger partial charge in [0.1, 0.15) is 0 Å². The molecule has 0 aromatic heterocycles. The number of piperidine rings is 1. The molecule has 1 saturated heterocycles. The lowest BCUT2D eigenvalue weighted by Crippen LogP contribution is -2.46. The van der Waals surface area contributed by atoms with Crippen LogP contribution in [0.3, 0.4) is 0 Å². The number of nitrogens with zero attached hydrogens (tertiary/aromatic N) is 1. The molecule has 2 N–H and O–H groups in total. The fourth-order valence-corrected chi connectivity index (χ4v) is 2.30. The van der Waals surface area contributed by atoms with Gasteiger partial charge in [-0.25, -0.2) is 13.6 Å². The second-order valence-electron chi connectivity index (χ2n) is 5.20. The Hall–Kier alpha value is -2.02. The summed E-state index contributed by atoms with van der Waals surface area (Å²) in [5, 5.41) is 18.8. The predicted molar refractivity (Wildman–Crippen MR) is 69.0 cm³/mol. The van der Waals surface area contributed by atoms with Gasteiger partial charge in [-0.3, -0.25) is 4.79 Å². The number of hydrogen-bond donors (Lipinski definition) is 2. The second-order valence-corrected chi connectivity index (χ2v) is 5.20. The van der Waals surface area contributed by atoms with Crippen LogP contribution < -0.4 is 0 Å². The first-order valence-corrected chi connectivity index (χ1v) is 6.51. The molecule has 0 aliphatic carbocycles. The molecule has 7 heteroatoms. The van der Waals surface area contributed by atoms with E-state index in [-0.39, 0.29) is 12.5 Å². The van der Waals surface area contributed by atoms with Crippen molar-refractivity contribution in [3.63, 3.8) is 0 Å². The van der Waals surface area contributed by atoms with Gasteiger partial charge in [0.25, 0.3) is 5.91 Å². The van der Waals surface area contributed by atoms with E-state index in [1.165, 1.54) is 4.90 Å². The van der Waals surface area contributed by atoms with Crippen molar-refractivity contribution in [1.29, 1.82) is 0 Å². The van der Waals surface area contributed by atoms with Crippen molar-refractivity contribution in [1.82, 2.24) is 4.90 Å². The average Bonchev–Trinajstić information content (AvgIpc) is 2.43. The standard InChI is InChI=1S/C14H15F2NO4/c1-7-2-3-17(6-12(7)18)13(19)8-4-10(15)11(16)5-9(8)14(20)21/h4-5,7,12,18H,2-3,6H2,1H3,(H,20,21). The number of carboxylic acids is 1. The van der Waals surface area contributed by atoms with Crippen LogP contribution in [0.5, 0.6) is 0 Å². The maximum absolute atomic E-state index is 13.3. The minimum absolute atomic E-state index is 0.0259. The Morgan fingerprint density at radius 1 is 1.24 bits per heavy atom. The fourth-order valence-electron chi connectivity index (χ4n) is 2.30. The van der Waals surface area contributed by atoms with Crippen LogP contribution in [0.4, 0.5) is 8.78 Å². The van der Waals surface area contributed by atoms with E-state index in [4.69, 9.17) is 5.11 Å². The van der Waals surface area contributed by atoms with Crippen LogP contribution in [0.15, 0.2) is 12.1 Å². The molecule has 2 unspecified atom stereocenters. The number of aliphatic hydroxyl groups excluding tert-OH is 1. The van der Waals surface area contributed by atoms with E-state index in [0.717, 1.165) is 0 Å². The van der Waals surface area contributed by atoms with Gasteiger partial charge in [-0.1, -0.05) is 6.92 Å². The predicted octanol–water partition coefficient (Wildman–Crippen LogP) is 1.51. The highest BCUT2D eigenvalue weighted by Gasteiger charge is 2.30. The first-order chi connectivity index (χ1) is 9.81. The van der Waals surface area contributed by atoms with Crippen molar-refractivity contribution >= 4 is 11.9 Å². The minimum atomic E-state index is -1.51. The molecule has 1 fully saturated rings. The van der Waals surface area contributed by atoms with Crippen molar-refractivity contribution < 1.29 is 28.6 Å². The highest BCUT2D eigenvalue weighted by Crippen LogP contribution is 2.22. The zero-order valence-corrected chi connectivity index (χ0v) is 11.3. The third-order valence-electron chi connectivity index (χ3n) is 3.73. The first kappa shape index (κ1) is 15.4. The number of carboxylic acid groups (broad SMARTS) is 1. The van der Waals surface area contributed by atoms with Crippen molar-refractivity contribution in [2.75, 3.05) is 13.1 Å². The van der Waals surface area contributed by atoms with Crippen LogP contribution in [-0.4, -0.2) is 46.2 Å². The summed E-state index contributed by atoms with van der Waals surface area (Å²) in [6, 6.07) is 1.08. The lowest BCUT2D eigenvalue weighted by molar-refractivity contribution is 0.0246. The maximum Gasteiger partial charge on any atom is 0.336 e. The Labute approximate surface area is 119 Å². The van der Waals surface area contributed by atoms with Gasteiger partial charge in [0.05, 0.1) is 17.2 Å². The van der Waals surface area contributed by atoms with Crippen LogP contribution in [0.2, 0.25) is 0 Å². The van der Waals surface area contributed by atoms with Crippen molar-refractivity contribution in [3.05, 3.63) is 34.9 Å². The number of aliphatic hydroxyl groups is 1. The maximum atomic E-state index is 13.3. The van der Waals surface area contributed by atoms with Gasteiger partial charge in [-0.05, 0) is 24.5 Å². The summed E-state index contributed by atoms with van der Waals surface area (Å²) in [5.74, 6) is -4.82. The summed E-state index contributed by atoms with van der Waals surface area (Å²) >= 11 is 0. The number of hydrogen-bond acceptors (Lipinski definition) is 3. The minimum Gasteiger partial charge on any atom is -0.478 e. The van der Waals surface area contributed by atoms with E-state index in [1.807, 2.05) is 6.92 Å². The number of likely N-dealkylation sites (tertiary alicyclic amines) is 1. The number of rotatable bonds is 2. The summed E-state index contributed by atoms with van der Waals surface area (Å²) in [7, 11) is 0. The highest BCUT2D eigenvalue weighted by atomic mass is 19.2. The van der Waals surface area contributed by atoms with Gasteiger partial charge in [-0.2, -0.15) is 0 Å². The lowest BCUT2D eigenvalue weighted by Gasteiger charge is -2.34. The molecule has 0 bridgehead atoms. The Kier molecular flexibility index (Phi) is 4.22. The third-order valence-corrected chi connectivity index (χ3v) is 3.73. The second kappa shape index (κ2) is 5.77. The molecule has 2 rings (SSSR count). The van der Waals surface area contributed by atoms with E-state index >= 15 is 0 Å². The first-order valence-electron chi connectivity index (χ1n) is 6.51. The van der Waals surface area contributed by atoms with Crippen LogP contribution in [0.1, 0.15) is 34.1 Å². The number of β-amino-alcohol motifs (C(OH)–C–C–N with tert-alkyl or cyclic N) is 1. The SMILES string of the molecule is CC1CCN(C(=O)c2cc(F)c(F)cc2C(=O)O)CC1O. The monoisotopic (exact) mass is 299 g/mol. The molecule has 114 valence electrons. The van der Waals surface area contributed by atoms with Gasteiger partial charge in [0.2, 0.25) is 0 Å². The van der Waals surface area contributed by atoms with Gasteiger partial charge in [-0.15, -0.1) is 0 Å². The molecular weight excluding hydrogens is 284 g/mol. The van der Waals surface area contributed by atoms with Gasteiger partial charge in [0, 0.05) is 13.1 Å². The molecule has 1 aromatic carbocycles. The molecule has 0 spiro atoms. The Bertz CT molecular complexity index is 591. The summed E-state index contributed by atoms with van der Waals surface area (Å²) in [6.45, 7) is 2.21. The summed E-state index contributed by atoms with van der Waals surface area (Å²) < 4.78 is 26.4. The molecule has 1 amide bonds. The van der Waals surface area contributed by atoms with Gasteiger partial charge >= 0.3 is 5.97 Å². The van der Waals surface area contributed by atoms with Crippen molar-refractivity contribution in [3.8, 4) is 0 Å². The van der Waals surface area contributed by atoms with E-state index in [0.29, 0.717) is 25.1 Å². The Morgan fingerprint density at radius 3 is 2.33 bits per heavy atom. The zero-order valence-electron chi connectivity index (χ0n) is 11.3. The summed E-state index contributed by atoms with van der Waals surface area (Å²) in [5.41, 5.74) is -1.00. The van der Waals surface area contributed by atoms with E-state index in [1.54, 1.807) is 0 Å². The summed E-state index contributed by atoms with van der Waals surface area (Å²) in [6.07, 6.45) is -0.166. The van der Waals surface area contributed by atoms with Gasteiger partial charge < -0.3 is 15.1 Å². The smallest absolute Gasteiger partial charge is 0.336 e. The number of aromatic carboxylic acids is 1. The molecule has 1 aliphatic heterocycles. The quantitative estimate of drug-likeness (QED) is 0.867. The molecule has 1 aliphatic rings. The number of carbonyl (C=O) groups excluding carboxylic acids is 1. The third kappa shape index (κ3) is 3.02.